The summed E-state index contributed by atoms with van der Waals surface area (Å²) in [7, 11) is 4.43. The van der Waals surface area contributed by atoms with Gasteiger partial charge in [0, 0.05) is 23.2 Å². The highest BCUT2D eigenvalue weighted by Crippen LogP contribution is 2.38. The summed E-state index contributed by atoms with van der Waals surface area (Å²) in [6.07, 6.45) is 2.36. The molecule has 4 rings (SSSR count). The van der Waals surface area contributed by atoms with E-state index in [-0.39, 0.29) is 23.2 Å². The average molecular weight is 468 g/mol. The Labute approximate surface area is 195 Å². The van der Waals surface area contributed by atoms with Gasteiger partial charge in [0.1, 0.15) is 0 Å². The van der Waals surface area contributed by atoms with Gasteiger partial charge in [-0.1, -0.05) is 23.7 Å². The number of amides is 1. The predicted molar refractivity (Wildman–Crippen MR) is 123 cm³/mol. The van der Waals surface area contributed by atoms with Gasteiger partial charge in [-0.2, -0.15) is 0 Å². The number of hydrogen-bond donors (Lipinski definition) is 1. The Balaban J connectivity index is 1.59. The third-order valence-electron chi connectivity index (χ3n) is 5.51. The molecule has 3 aromatic rings. The van der Waals surface area contributed by atoms with Crippen molar-refractivity contribution >= 4 is 29.2 Å². The minimum atomic E-state index is -0.456. The molecule has 0 bridgehead atoms. The number of hydrogen-bond acceptors (Lipinski definition) is 7. The van der Waals surface area contributed by atoms with Crippen LogP contribution >= 0.6 is 11.6 Å². The second-order valence-electron chi connectivity index (χ2n) is 7.51. The molecule has 1 aliphatic rings. The number of rotatable bonds is 6. The number of anilines is 1. The zero-order chi connectivity index (χ0) is 23.5. The molecule has 0 radical (unpaired) electrons. The van der Waals surface area contributed by atoms with E-state index in [0.29, 0.717) is 46.4 Å². The fourth-order valence-electron chi connectivity index (χ4n) is 3.89. The topological polar surface area (TPSA) is 99.6 Å². The number of methoxy groups -OCH3 is 3. The van der Waals surface area contributed by atoms with E-state index >= 15 is 0 Å². The molecule has 0 aliphatic heterocycles. The molecule has 1 aliphatic carbocycles. The Bertz CT molecular complexity index is 1210. The summed E-state index contributed by atoms with van der Waals surface area (Å²) in [4.78, 5) is 34.2. The highest BCUT2D eigenvalue weighted by atomic mass is 35.5. The number of benzene rings is 2. The maximum absolute atomic E-state index is 12.9. The molecule has 1 heterocycles. The predicted octanol–water partition coefficient (Wildman–Crippen LogP) is 4.32. The SMILES string of the molecule is COc1cc(C(=O)Nc2ncc3c(n2)CC(c2cccc(Cl)c2)CC3=O)cc(OC)c1OC. The number of fused-ring (bicyclic) bond motifs is 1. The van der Waals surface area contributed by atoms with Crippen molar-refractivity contribution in [1.82, 2.24) is 9.97 Å². The van der Waals surface area contributed by atoms with E-state index in [4.69, 9.17) is 25.8 Å². The van der Waals surface area contributed by atoms with Gasteiger partial charge >= 0.3 is 0 Å². The molecule has 1 aromatic heterocycles. The summed E-state index contributed by atoms with van der Waals surface area (Å²) < 4.78 is 15.9. The van der Waals surface area contributed by atoms with Crippen molar-refractivity contribution in [2.24, 2.45) is 0 Å². The fourth-order valence-corrected chi connectivity index (χ4v) is 4.09. The van der Waals surface area contributed by atoms with Crippen LogP contribution in [0.5, 0.6) is 17.2 Å². The Hall–Kier alpha value is -3.65. The summed E-state index contributed by atoms with van der Waals surface area (Å²) in [6.45, 7) is 0. The van der Waals surface area contributed by atoms with Crippen molar-refractivity contribution in [3.05, 3.63) is 70.0 Å². The van der Waals surface area contributed by atoms with E-state index in [1.54, 1.807) is 6.07 Å². The zero-order valence-corrected chi connectivity index (χ0v) is 19.1. The third-order valence-corrected chi connectivity index (χ3v) is 5.75. The van der Waals surface area contributed by atoms with Gasteiger partial charge < -0.3 is 14.2 Å². The summed E-state index contributed by atoms with van der Waals surface area (Å²) in [5.41, 5.74) is 2.31. The Morgan fingerprint density at radius 3 is 2.42 bits per heavy atom. The van der Waals surface area contributed by atoms with Crippen LogP contribution in [0.15, 0.2) is 42.6 Å². The largest absolute Gasteiger partial charge is 0.493 e. The minimum Gasteiger partial charge on any atom is -0.493 e. The first-order valence-corrected chi connectivity index (χ1v) is 10.6. The summed E-state index contributed by atoms with van der Waals surface area (Å²) >= 11 is 6.12. The molecule has 8 nitrogen and oxygen atoms in total. The van der Waals surface area contributed by atoms with Gasteiger partial charge in [0.2, 0.25) is 11.7 Å². The molecule has 9 heteroatoms. The maximum Gasteiger partial charge on any atom is 0.258 e. The van der Waals surface area contributed by atoms with Gasteiger partial charge in [0.15, 0.2) is 17.3 Å². The van der Waals surface area contributed by atoms with E-state index < -0.39 is 5.91 Å². The first kappa shape index (κ1) is 22.5. The van der Waals surface area contributed by atoms with Crippen LogP contribution in [-0.2, 0) is 6.42 Å². The molecule has 1 atom stereocenters. The molecule has 0 fully saturated rings. The van der Waals surface area contributed by atoms with E-state index in [9.17, 15) is 9.59 Å². The van der Waals surface area contributed by atoms with E-state index in [1.807, 2.05) is 18.2 Å². The summed E-state index contributed by atoms with van der Waals surface area (Å²) in [6, 6.07) is 10.5. The molecule has 2 aromatic carbocycles. The first-order valence-electron chi connectivity index (χ1n) is 10.2. The number of Topliss-reactive ketones (excluding diaryl/α,β-unsaturated/α-hetero) is 1. The first-order chi connectivity index (χ1) is 15.9. The second-order valence-corrected chi connectivity index (χ2v) is 7.94. The number of halogens is 1. The van der Waals surface area contributed by atoms with E-state index in [0.717, 1.165) is 5.56 Å². The van der Waals surface area contributed by atoms with Gasteiger partial charge in [-0.3, -0.25) is 14.9 Å². The summed E-state index contributed by atoms with van der Waals surface area (Å²) in [5, 5.41) is 3.30. The van der Waals surface area contributed by atoms with Crippen molar-refractivity contribution in [1.29, 1.82) is 0 Å². The Morgan fingerprint density at radius 2 is 1.79 bits per heavy atom. The molecule has 170 valence electrons. The Morgan fingerprint density at radius 1 is 1.06 bits per heavy atom. The summed E-state index contributed by atoms with van der Waals surface area (Å²) in [5.74, 6) is 0.648. The Kier molecular flexibility index (Phi) is 6.46. The zero-order valence-electron chi connectivity index (χ0n) is 18.3. The number of carbonyl (C=O) groups excluding carboxylic acids is 2. The van der Waals surface area contributed by atoms with Crippen molar-refractivity contribution in [2.45, 2.75) is 18.8 Å². The molecule has 1 unspecified atom stereocenters. The van der Waals surface area contributed by atoms with E-state index in [1.165, 1.54) is 39.7 Å². The van der Waals surface area contributed by atoms with Crippen LogP contribution in [0.25, 0.3) is 0 Å². The number of ketones is 1. The average Bonchev–Trinajstić information content (AvgIpc) is 2.82. The number of nitrogens with one attached hydrogen (secondary N) is 1. The van der Waals surface area contributed by atoms with Gasteiger partial charge in [-0.25, -0.2) is 9.97 Å². The number of aromatic nitrogens is 2. The molecule has 0 saturated heterocycles. The molecule has 1 amide bonds. The van der Waals surface area contributed by atoms with Crippen molar-refractivity contribution in [3.8, 4) is 17.2 Å². The lowest BCUT2D eigenvalue weighted by Gasteiger charge is -2.23. The number of nitrogens with zero attached hydrogens (tertiary/aromatic N) is 2. The van der Waals surface area contributed by atoms with Crippen LogP contribution in [-0.4, -0.2) is 43.0 Å². The highest BCUT2D eigenvalue weighted by Gasteiger charge is 2.28. The van der Waals surface area contributed by atoms with Crippen LogP contribution in [0.3, 0.4) is 0 Å². The van der Waals surface area contributed by atoms with Crippen molar-refractivity contribution < 1.29 is 23.8 Å². The fraction of sp³-hybridized carbons (Fsp3) is 0.250. The molecule has 1 N–H and O–H groups in total. The van der Waals surface area contributed by atoms with Gasteiger partial charge in [0.25, 0.3) is 5.91 Å². The lowest BCUT2D eigenvalue weighted by atomic mass is 9.82. The second kappa shape index (κ2) is 9.46. The van der Waals surface area contributed by atoms with Crippen LogP contribution in [0.4, 0.5) is 5.95 Å². The highest BCUT2D eigenvalue weighted by molar-refractivity contribution is 6.30. The quantitative estimate of drug-likeness (QED) is 0.576. The van der Waals surface area contributed by atoms with Gasteiger partial charge in [-0.15, -0.1) is 0 Å². The molecule has 0 spiro atoms. The number of carbonyl (C=O) groups is 2. The monoisotopic (exact) mass is 467 g/mol. The third kappa shape index (κ3) is 4.61. The molecular formula is C24H22ClN3O5. The van der Waals surface area contributed by atoms with Crippen LogP contribution in [0, 0.1) is 0 Å². The smallest absolute Gasteiger partial charge is 0.258 e. The minimum absolute atomic E-state index is 0.0382. The standard InChI is InChI=1S/C24H22ClN3O5/c1-31-20-10-15(11-21(32-2)22(20)33-3)23(30)28-24-26-12-17-18(27-24)8-14(9-19(17)29)13-5-4-6-16(25)7-13/h4-7,10-12,14H,8-9H2,1-3H3,(H,26,27,28,30). The van der Waals surface area contributed by atoms with Crippen LogP contribution < -0.4 is 19.5 Å². The number of ether oxygens (including phenoxy) is 3. The van der Waals surface area contributed by atoms with Crippen molar-refractivity contribution in [2.75, 3.05) is 26.6 Å². The molecule has 33 heavy (non-hydrogen) atoms. The lowest BCUT2D eigenvalue weighted by molar-refractivity contribution is 0.0962. The van der Waals surface area contributed by atoms with Crippen molar-refractivity contribution in [3.63, 3.8) is 0 Å². The van der Waals surface area contributed by atoms with Crippen LogP contribution in [0.1, 0.15) is 44.3 Å². The van der Waals surface area contributed by atoms with Crippen LogP contribution in [0.2, 0.25) is 5.02 Å². The molecular weight excluding hydrogens is 446 g/mol. The van der Waals surface area contributed by atoms with E-state index in [2.05, 4.69) is 15.3 Å². The van der Waals surface area contributed by atoms with Gasteiger partial charge in [0.05, 0.1) is 32.6 Å². The maximum atomic E-state index is 12.9. The van der Waals surface area contributed by atoms with Gasteiger partial charge in [-0.05, 0) is 42.2 Å². The lowest BCUT2D eigenvalue weighted by Crippen LogP contribution is -2.22. The molecule has 0 saturated carbocycles. The normalized spacial score (nSPS) is 14.9.